The summed E-state index contributed by atoms with van der Waals surface area (Å²) in [5, 5.41) is 12.0. The van der Waals surface area contributed by atoms with Crippen LogP contribution < -0.4 is 0 Å². The fourth-order valence-electron chi connectivity index (χ4n) is 2.27. The molecule has 0 amide bonds. The van der Waals surface area contributed by atoms with Crippen molar-refractivity contribution < 1.29 is 4.65 Å². The van der Waals surface area contributed by atoms with E-state index in [2.05, 4.69) is 0 Å². The zero-order valence-electron chi connectivity index (χ0n) is 7.09. The zero-order chi connectivity index (χ0) is 7.73. The normalized spacial score (nSPS) is 31.4. The van der Waals surface area contributed by atoms with Crippen LogP contribution in [0.4, 0.5) is 0 Å². The lowest BCUT2D eigenvalue weighted by Gasteiger charge is -2.54. The molecule has 0 radical (unpaired) electrons. The van der Waals surface area contributed by atoms with Crippen molar-refractivity contribution in [1.29, 1.82) is 0 Å². The first-order chi connectivity index (χ1) is 5.31. The van der Waals surface area contributed by atoms with Crippen LogP contribution in [0.5, 0.6) is 0 Å². The molecule has 2 aliphatic rings. The van der Waals surface area contributed by atoms with Crippen LogP contribution in [0, 0.1) is 5.21 Å². The van der Waals surface area contributed by atoms with Crippen molar-refractivity contribution in [3.05, 3.63) is 5.21 Å². The van der Waals surface area contributed by atoms with E-state index >= 15 is 0 Å². The van der Waals surface area contributed by atoms with E-state index in [0.717, 1.165) is 13.1 Å². The van der Waals surface area contributed by atoms with Crippen LogP contribution in [-0.4, -0.2) is 23.8 Å². The molecule has 64 valence electrons. The number of hydroxylamine groups is 3. The number of piperidine rings is 1. The van der Waals surface area contributed by atoms with E-state index in [1.807, 2.05) is 0 Å². The number of hydrogen-bond acceptors (Lipinski definition) is 1. The van der Waals surface area contributed by atoms with Crippen molar-refractivity contribution in [2.45, 2.75) is 44.6 Å². The summed E-state index contributed by atoms with van der Waals surface area (Å²) in [5.41, 5.74) is 0. The van der Waals surface area contributed by atoms with E-state index in [0.29, 0.717) is 6.04 Å². The van der Waals surface area contributed by atoms with Crippen LogP contribution in [0.2, 0.25) is 0 Å². The minimum atomic E-state index is 0.167. The molecule has 0 aromatic heterocycles. The summed E-state index contributed by atoms with van der Waals surface area (Å²) < 4.78 is 0.167. The fourth-order valence-corrected chi connectivity index (χ4v) is 2.27. The Bertz CT molecular complexity index is 136. The number of likely N-dealkylation sites (tertiary alicyclic amines) is 1. The standard InChI is InChI=1S/C9H17NO/c11-10(9-5-4-6-9)7-2-1-3-8-10/h9H,1-8H2. The first-order valence-electron chi connectivity index (χ1n) is 4.89. The maximum atomic E-state index is 12.0. The van der Waals surface area contributed by atoms with Crippen molar-refractivity contribution in [3.63, 3.8) is 0 Å². The second kappa shape index (κ2) is 2.76. The lowest BCUT2D eigenvalue weighted by molar-refractivity contribution is -0.915. The van der Waals surface area contributed by atoms with Gasteiger partial charge >= 0.3 is 0 Å². The van der Waals surface area contributed by atoms with Gasteiger partial charge in [-0.15, -0.1) is 0 Å². The highest BCUT2D eigenvalue weighted by molar-refractivity contribution is 4.73. The van der Waals surface area contributed by atoms with Gasteiger partial charge in [-0.1, -0.05) is 0 Å². The van der Waals surface area contributed by atoms with E-state index in [4.69, 9.17) is 0 Å². The van der Waals surface area contributed by atoms with Gasteiger partial charge in [0, 0.05) is 0 Å². The average molecular weight is 155 g/mol. The number of quaternary nitrogens is 1. The lowest BCUT2D eigenvalue weighted by Crippen LogP contribution is -2.56. The Morgan fingerprint density at radius 3 is 2.00 bits per heavy atom. The van der Waals surface area contributed by atoms with Crippen LogP contribution in [0.3, 0.4) is 0 Å². The van der Waals surface area contributed by atoms with Crippen molar-refractivity contribution in [2.75, 3.05) is 13.1 Å². The van der Waals surface area contributed by atoms with Gasteiger partial charge in [-0.05, 0) is 38.5 Å². The molecular weight excluding hydrogens is 138 g/mol. The van der Waals surface area contributed by atoms with Crippen molar-refractivity contribution in [2.24, 2.45) is 0 Å². The summed E-state index contributed by atoms with van der Waals surface area (Å²) in [4.78, 5) is 0. The van der Waals surface area contributed by atoms with Gasteiger partial charge in [-0.3, -0.25) is 0 Å². The molecule has 2 fully saturated rings. The predicted molar refractivity (Wildman–Crippen MR) is 44.9 cm³/mol. The van der Waals surface area contributed by atoms with E-state index in [1.165, 1.54) is 38.5 Å². The smallest absolute Gasteiger partial charge is 0.0887 e. The van der Waals surface area contributed by atoms with Crippen LogP contribution >= 0.6 is 0 Å². The van der Waals surface area contributed by atoms with Gasteiger partial charge in [0.05, 0.1) is 19.1 Å². The second-order valence-corrected chi connectivity index (χ2v) is 4.04. The Balaban J connectivity index is 1.94. The van der Waals surface area contributed by atoms with E-state index in [-0.39, 0.29) is 4.65 Å². The summed E-state index contributed by atoms with van der Waals surface area (Å²) >= 11 is 0. The summed E-state index contributed by atoms with van der Waals surface area (Å²) in [6, 6.07) is 0.496. The third-order valence-electron chi connectivity index (χ3n) is 3.31. The van der Waals surface area contributed by atoms with Gasteiger partial charge < -0.3 is 9.85 Å². The quantitative estimate of drug-likeness (QED) is 0.420. The maximum absolute atomic E-state index is 12.0. The number of rotatable bonds is 1. The molecule has 0 aromatic rings. The lowest BCUT2D eigenvalue weighted by atomic mass is 9.89. The Hall–Kier alpha value is -0.0800. The largest absolute Gasteiger partial charge is 0.633 e. The van der Waals surface area contributed by atoms with Gasteiger partial charge in [0.2, 0.25) is 0 Å². The van der Waals surface area contributed by atoms with Crippen molar-refractivity contribution in [3.8, 4) is 0 Å². The van der Waals surface area contributed by atoms with E-state index in [1.54, 1.807) is 0 Å². The van der Waals surface area contributed by atoms with Gasteiger partial charge in [0.15, 0.2) is 0 Å². The monoisotopic (exact) mass is 155 g/mol. The Labute approximate surface area is 68.4 Å². The molecule has 1 saturated heterocycles. The zero-order valence-corrected chi connectivity index (χ0v) is 7.09. The molecule has 2 heteroatoms. The second-order valence-electron chi connectivity index (χ2n) is 4.04. The third-order valence-corrected chi connectivity index (χ3v) is 3.31. The molecule has 0 N–H and O–H groups in total. The highest BCUT2D eigenvalue weighted by Gasteiger charge is 2.34. The SMILES string of the molecule is [O-][N+]1(C2CCC2)CCCCC1. The minimum absolute atomic E-state index is 0.167. The minimum Gasteiger partial charge on any atom is -0.633 e. The molecule has 2 nitrogen and oxygen atoms in total. The molecule has 2 rings (SSSR count). The van der Waals surface area contributed by atoms with Crippen molar-refractivity contribution >= 4 is 0 Å². The van der Waals surface area contributed by atoms with Gasteiger partial charge in [0.25, 0.3) is 0 Å². The summed E-state index contributed by atoms with van der Waals surface area (Å²) in [6.07, 6.45) is 7.31. The highest BCUT2D eigenvalue weighted by Crippen LogP contribution is 2.33. The summed E-state index contributed by atoms with van der Waals surface area (Å²) in [6.45, 7) is 1.81. The number of hydrogen-bond donors (Lipinski definition) is 0. The molecule has 11 heavy (non-hydrogen) atoms. The fraction of sp³-hybridized carbons (Fsp3) is 1.00. The van der Waals surface area contributed by atoms with Gasteiger partial charge in [0.1, 0.15) is 0 Å². The molecule has 0 aromatic carbocycles. The van der Waals surface area contributed by atoms with Crippen molar-refractivity contribution in [1.82, 2.24) is 0 Å². The topological polar surface area (TPSA) is 23.1 Å². The predicted octanol–water partition coefficient (Wildman–Crippen LogP) is 2.04. The Morgan fingerprint density at radius 2 is 1.55 bits per heavy atom. The van der Waals surface area contributed by atoms with Crippen LogP contribution in [0.15, 0.2) is 0 Å². The van der Waals surface area contributed by atoms with E-state index < -0.39 is 0 Å². The highest BCUT2D eigenvalue weighted by atomic mass is 16.5. The molecule has 0 spiro atoms. The molecule has 1 saturated carbocycles. The average Bonchev–Trinajstić information content (AvgIpc) is 1.83. The maximum Gasteiger partial charge on any atom is 0.0887 e. The Kier molecular flexibility index (Phi) is 1.90. The van der Waals surface area contributed by atoms with Crippen LogP contribution in [-0.2, 0) is 0 Å². The summed E-state index contributed by atoms with van der Waals surface area (Å²) in [7, 11) is 0. The third kappa shape index (κ3) is 1.30. The van der Waals surface area contributed by atoms with Crippen LogP contribution in [0.25, 0.3) is 0 Å². The molecule has 1 heterocycles. The number of nitrogens with zero attached hydrogens (tertiary/aromatic N) is 1. The molecule has 1 aliphatic carbocycles. The molecule has 0 unspecified atom stereocenters. The molecule has 0 bridgehead atoms. The van der Waals surface area contributed by atoms with Gasteiger partial charge in [-0.2, -0.15) is 0 Å². The van der Waals surface area contributed by atoms with E-state index in [9.17, 15) is 5.21 Å². The molecule has 0 atom stereocenters. The summed E-state index contributed by atoms with van der Waals surface area (Å²) in [5.74, 6) is 0. The first-order valence-corrected chi connectivity index (χ1v) is 4.89. The molecular formula is C9H17NO. The van der Waals surface area contributed by atoms with Gasteiger partial charge in [-0.25, -0.2) is 0 Å². The Morgan fingerprint density at radius 1 is 0.909 bits per heavy atom. The van der Waals surface area contributed by atoms with Crippen LogP contribution in [0.1, 0.15) is 38.5 Å². The molecule has 1 aliphatic heterocycles. The first kappa shape index (κ1) is 7.56.